The molecule has 4 aromatic carbocycles. The third-order valence-electron chi connectivity index (χ3n) is 6.92. The van der Waals surface area contributed by atoms with Crippen molar-refractivity contribution in [3.05, 3.63) is 161 Å². The first kappa shape index (κ1) is 30.5. The normalized spacial score (nSPS) is 11.6. The number of benzene rings is 4. The predicted molar refractivity (Wildman–Crippen MR) is 178 cm³/mol. The molecular weight excluding hydrogens is 564 g/mol. The number of fused-ring (bicyclic) bond motifs is 1. The number of rotatable bonds is 12. The van der Waals surface area contributed by atoms with E-state index < -0.39 is 6.16 Å². The fourth-order valence-electron chi connectivity index (χ4n) is 4.55. The lowest BCUT2D eigenvalue weighted by molar-refractivity contribution is 0.0954. The van der Waals surface area contributed by atoms with Crippen LogP contribution >= 0.6 is 0 Å². The Labute approximate surface area is 262 Å². The first-order valence-corrected chi connectivity index (χ1v) is 14.3. The summed E-state index contributed by atoms with van der Waals surface area (Å²) in [7, 11) is 0. The fourth-order valence-corrected chi connectivity index (χ4v) is 4.55. The SMILES string of the molecule is C=C(/C=C\c1ccccc1C)COc1ccc(/C(=C\C=N\OC(=O)O)c2ccc(OCc3ccc4ccccc4n3)cc2)cc1. The molecule has 0 aliphatic heterocycles. The lowest BCUT2D eigenvalue weighted by atomic mass is 9.97. The maximum atomic E-state index is 10.7. The van der Waals surface area contributed by atoms with Crippen molar-refractivity contribution in [1.29, 1.82) is 0 Å². The van der Waals surface area contributed by atoms with Crippen LogP contribution in [0.4, 0.5) is 4.79 Å². The molecular formula is C38H32N2O5. The van der Waals surface area contributed by atoms with Crippen molar-refractivity contribution >= 4 is 34.9 Å². The zero-order valence-corrected chi connectivity index (χ0v) is 24.8. The standard InChI is InChI=1S/C38H32N2O5/c1-27(11-12-29-8-4-3-7-28(29)2)25-43-34-19-14-30(15-20-34)36(23-24-39-45-38(41)42)31-16-21-35(22-17-31)44-26-33-18-13-32-9-5-6-10-37(32)40-33/h3-24H,1,25-26H2,2H3,(H,41,42)/b12-11-,36-23+,39-24+. The second-order valence-electron chi connectivity index (χ2n) is 10.2. The first-order valence-electron chi connectivity index (χ1n) is 14.3. The van der Waals surface area contributed by atoms with Gasteiger partial charge < -0.3 is 14.6 Å². The van der Waals surface area contributed by atoms with Crippen LogP contribution in [0, 0.1) is 6.92 Å². The van der Waals surface area contributed by atoms with Gasteiger partial charge in [-0.25, -0.2) is 9.78 Å². The number of carboxylic acid groups (broad SMARTS) is 1. The summed E-state index contributed by atoms with van der Waals surface area (Å²) in [4.78, 5) is 19.7. The molecule has 5 rings (SSSR count). The highest BCUT2D eigenvalue weighted by atomic mass is 16.7. The molecule has 0 aliphatic rings. The van der Waals surface area contributed by atoms with Crippen molar-refractivity contribution in [3.8, 4) is 11.5 Å². The Balaban J connectivity index is 1.25. The summed E-state index contributed by atoms with van der Waals surface area (Å²) in [5, 5.41) is 13.3. The summed E-state index contributed by atoms with van der Waals surface area (Å²) in [5.41, 5.74) is 7.48. The number of ether oxygens (including phenoxy) is 2. The van der Waals surface area contributed by atoms with Gasteiger partial charge in [0.05, 0.1) is 17.4 Å². The number of aryl methyl sites for hydroxylation is 1. The summed E-state index contributed by atoms with van der Waals surface area (Å²) in [6.07, 6.45) is 5.50. The Bertz CT molecular complexity index is 1870. The number of allylic oxidation sites excluding steroid dienone is 1. The topological polar surface area (TPSA) is 90.2 Å². The van der Waals surface area contributed by atoms with E-state index in [1.807, 2.05) is 109 Å². The molecule has 224 valence electrons. The van der Waals surface area contributed by atoms with Crippen LogP contribution in [-0.2, 0) is 11.4 Å². The molecule has 7 heteroatoms. The molecule has 1 heterocycles. The molecule has 0 spiro atoms. The van der Waals surface area contributed by atoms with Gasteiger partial charge in [0, 0.05) is 5.39 Å². The maximum absolute atomic E-state index is 10.7. The highest BCUT2D eigenvalue weighted by Crippen LogP contribution is 2.27. The van der Waals surface area contributed by atoms with Crippen LogP contribution in [0.15, 0.2) is 139 Å². The van der Waals surface area contributed by atoms with E-state index in [1.165, 1.54) is 11.8 Å². The van der Waals surface area contributed by atoms with Crippen LogP contribution in [-0.4, -0.2) is 29.1 Å². The van der Waals surface area contributed by atoms with Gasteiger partial charge in [-0.15, -0.1) is 0 Å². The van der Waals surface area contributed by atoms with E-state index in [9.17, 15) is 4.79 Å². The van der Waals surface area contributed by atoms with Gasteiger partial charge in [0.15, 0.2) is 0 Å². The van der Waals surface area contributed by atoms with Gasteiger partial charge in [-0.2, -0.15) is 0 Å². The molecule has 7 nitrogen and oxygen atoms in total. The van der Waals surface area contributed by atoms with Gasteiger partial charge >= 0.3 is 6.16 Å². The van der Waals surface area contributed by atoms with E-state index in [0.29, 0.717) is 24.7 Å². The molecule has 0 unspecified atom stereocenters. The van der Waals surface area contributed by atoms with Gasteiger partial charge in [-0.3, -0.25) is 4.84 Å². The number of aromatic nitrogens is 1. The molecule has 1 N–H and O–H groups in total. The molecule has 0 saturated heterocycles. The predicted octanol–water partition coefficient (Wildman–Crippen LogP) is 8.88. The zero-order valence-electron chi connectivity index (χ0n) is 24.8. The van der Waals surface area contributed by atoms with Crippen LogP contribution in [0.25, 0.3) is 22.6 Å². The third-order valence-corrected chi connectivity index (χ3v) is 6.92. The Morgan fingerprint density at radius 1 is 0.844 bits per heavy atom. The van der Waals surface area contributed by atoms with Crippen LogP contribution in [0.1, 0.15) is 27.9 Å². The number of hydrogen-bond donors (Lipinski definition) is 1. The second kappa shape index (κ2) is 15.0. The zero-order chi connectivity index (χ0) is 31.4. The molecule has 45 heavy (non-hydrogen) atoms. The summed E-state index contributed by atoms with van der Waals surface area (Å²) in [5.74, 6) is 1.38. The highest BCUT2D eigenvalue weighted by Gasteiger charge is 2.08. The Morgan fingerprint density at radius 2 is 1.51 bits per heavy atom. The maximum Gasteiger partial charge on any atom is 0.532 e. The molecule has 0 bridgehead atoms. The van der Waals surface area contributed by atoms with Crippen LogP contribution in [0.5, 0.6) is 11.5 Å². The number of nitrogens with zero attached hydrogens (tertiary/aromatic N) is 2. The van der Waals surface area contributed by atoms with Gasteiger partial charge in [0.2, 0.25) is 0 Å². The minimum atomic E-state index is -1.49. The summed E-state index contributed by atoms with van der Waals surface area (Å²) in [6.45, 7) is 6.85. The lowest BCUT2D eigenvalue weighted by Gasteiger charge is -2.12. The van der Waals surface area contributed by atoms with E-state index in [2.05, 4.69) is 40.6 Å². The van der Waals surface area contributed by atoms with Crippen molar-refractivity contribution in [3.63, 3.8) is 0 Å². The van der Waals surface area contributed by atoms with Crippen molar-refractivity contribution < 1.29 is 24.2 Å². The second-order valence-corrected chi connectivity index (χ2v) is 10.2. The van der Waals surface area contributed by atoms with Crippen LogP contribution < -0.4 is 9.47 Å². The van der Waals surface area contributed by atoms with Gasteiger partial charge in [0.25, 0.3) is 0 Å². The van der Waals surface area contributed by atoms with Crippen LogP contribution in [0.2, 0.25) is 0 Å². The Morgan fingerprint density at radius 3 is 2.22 bits per heavy atom. The molecule has 0 aliphatic carbocycles. The van der Waals surface area contributed by atoms with E-state index >= 15 is 0 Å². The molecule has 0 radical (unpaired) electrons. The van der Waals surface area contributed by atoms with Crippen molar-refractivity contribution in [1.82, 2.24) is 4.98 Å². The van der Waals surface area contributed by atoms with Gasteiger partial charge in [-0.05, 0) is 82.8 Å². The molecule has 1 aromatic heterocycles. The summed E-state index contributed by atoms with van der Waals surface area (Å²) in [6, 6.07) is 35.3. The molecule has 0 amide bonds. The number of para-hydroxylation sites is 1. The van der Waals surface area contributed by atoms with E-state index in [4.69, 9.17) is 14.6 Å². The minimum Gasteiger partial charge on any atom is -0.489 e. The number of oxime groups is 1. The third kappa shape index (κ3) is 8.78. The monoisotopic (exact) mass is 596 g/mol. The van der Waals surface area contributed by atoms with Crippen LogP contribution in [0.3, 0.4) is 0 Å². The quantitative estimate of drug-likeness (QED) is 0.0670. The van der Waals surface area contributed by atoms with E-state index in [1.54, 1.807) is 6.08 Å². The smallest absolute Gasteiger partial charge is 0.489 e. The molecule has 0 saturated carbocycles. The number of pyridine rings is 1. The minimum absolute atomic E-state index is 0.335. The first-order chi connectivity index (χ1) is 21.9. The summed E-state index contributed by atoms with van der Waals surface area (Å²) < 4.78 is 11.9. The fraction of sp³-hybridized carbons (Fsp3) is 0.0789. The largest absolute Gasteiger partial charge is 0.532 e. The summed E-state index contributed by atoms with van der Waals surface area (Å²) >= 11 is 0. The lowest BCUT2D eigenvalue weighted by Crippen LogP contribution is -1.99. The average Bonchev–Trinajstić information content (AvgIpc) is 3.06. The molecule has 0 fully saturated rings. The van der Waals surface area contributed by atoms with E-state index in [0.717, 1.165) is 44.4 Å². The molecule has 0 atom stereocenters. The van der Waals surface area contributed by atoms with Gasteiger partial charge in [-0.1, -0.05) is 96.7 Å². The van der Waals surface area contributed by atoms with Gasteiger partial charge in [0.1, 0.15) is 24.7 Å². The Hall–Kier alpha value is -5.95. The van der Waals surface area contributed by atoms with Crippen molar-refractivity contribution in [2.45, 2.75) is 13.5 Å². The van der Waals surface area contributed by atoms with Crippen molar-refractivity contribution in [2.75, 3.05) is 6.61 Å². The number of hydrogen-bond acceptors (Lipinski definition) is 6. The average molecular weight is 597 g/mol. The van der Waals surface area contributed by atoms with Crippen molar-refractivity contribution in [2.24, 2.45) is 5.16 Å². The Kier molecular flexibility index (Phi) is 10.2. The van der Waals surface area contributed by atoms with E-state index in [-0.39, 0.29) is 0 Å². The highest BCUT2D eigenvalue weighted by molar-refractivity contribution is 5.91. The molecule has 5 aromatic rings. The number of carbonyl (C=O) groups is 1.